The Morgan fingerprint density at radius 3 is 2.37 bits per heavy atom. The summed E-state index contributed by atoms with van der Waals surface area (Å²) in [7, 11) is 0. The van der Waals surface area contributed by atoms with Crippen LogP contribution in [0.25, 0.3) is 6.08 Å². The van der Waals surface area contributed by atoms with Gasteiger partial charge in [-0.25, -0.2) is 0 Å². The minimum Gasteiger partial charge on any atom is -0.305 e. The van der Waals surface area contributed by atoms with Crippen LogP contribution < -0.4 is 5.43 Å². The van der Waals surface area contributed by atoms with Gasteiger partial charge in [-0.3, -0.25) is 5.01 Å². The SMILES string of the molecule is CCCCC(=Cc1ccccc1)N1NC=CC1c1ccc(C(C)(C)C)cc1. The molecule has 1 atom stereocenters. The van der Waals surface area contributed by atoms with E-state index in [9.17, 15) is 0 Å². The van der Waals surface area contributed by atoms with Crippen LogP contribution in [-0.4, -0.2) is 5.01 Å². The summed E-state index contributed by atoms with van der Waals surface area (Å²) < 4.78 is 0. The highest BCUT2D eigenvalue weighted by molar-refractivity contribution is 5.52. The quantitative estimate of drug-likeness (QED) is 0.625. The summed E-state index contributed by atoms with van der Waals surface area (Å²) in [5.41, 5.74) is 8.92. The molecular formula is C25H32N2. The molecule has 0 saturated carbocycles. The third-order valence-corrected chi connectivity index (χ3v) is 5.12. The van der Waals surface area contributed by atoms with Crippen LogP contribution >= 0.6 is 0 Å². The lowest BCUT2D eigenvalue weighted by Crippen LogP contribution is -2.32. The highest BCUT2D eigenvalue weighted by Crippen LogP contribution is 2.32. The topological polar surface area (TPSA) is 15.3 Å². The van der Waals surface area contributed by atoms with Crippen LogP contribution in [-0.2, 0) is 5.41 Å². The minimum absolute atomic E-state index is 0.182. The van der Waals surface area contributed by atoms with E-state index in [0.717, 1.165) is 6.42 Å². The van der Waals surface area contributed by atoms with Crippen LogP contribution in [0.5, 0.6) is 0 Å². The third kappa shape index (κ3) is 4.82. The monoisotopic (exact) mass is 360 g/mol. The van der Waals surface area contributed by atoms with Crippen LogP contribution in [0.3, 0.4) is 0 Å². The van der Waals surface area contributed by atoms with Crippen LogP contribution in [0.4, 0.5) is 0 Å². The Labute approximate surface area is 164 Å². The van der Waals surface area contributed by atoms with Crippen molar-refractivity contribution in [3.63, 3.8) is 0 Å². The first-order valence-electron chi connectivity index (χ1n) is 10.1. The van der Waals surface area contributed by atoms with Crippen molar-refractivity contribution < 1.29 is 0 Å². The lowest BCUT2D eigenvalue weighted by molar-refractivity contribution is 0.258. The molecule has 1 unspecified atom stereocenters. The molecule has 1 aliphatic heterocycles. The Hall–Kier alpha value is -2.48. The molecule has 0 bridgehead atoms. The van der Waals surface area contributed by atoms with Gasteiger partial charge >= 0.3 is 0 Å². The molecule has 2 aromatic rings. The third-order valence-electron chi connectivity index (χ3n) is 5.12. The van der Waals surface area contributed by atoms with Gasteiger partial charge in [0.05, 0.1) is 6.04 Å². The number of nitrogens with one attached hydrogen (secondary N) is 1. The molecule has 3 rings (SSSR count). The predicted octanol–water partition coefficient (Wildman–Crippen LogP) is 6.59. The summed E-state index contributed by atoms with van der Waals surface area (Å²) in [6, 6.07) is 19.9. The normalized spacial score (nSPS) is 17.3. The molecule has 1 aliphatic rings. The first kappa shape index (κ1) is 19.3. The van der Waals surface area contributed by atoms with E-state index in [4.69, 9.17) is 0 Å². The molecule has 0 radical (unpaired) electrons. The van der Waals surface area contributed by atoms with Crippen LogP contribution in [0, 0.1) is 0 Å². The molecule has 27 heavy (non-hydrogen) atoms. The fourth-order valence-electron chi connectivity index (χ4n) is 3.44. The zero-order chi connectivity index (χ0) is 19.3. The van der Waals surface area contributed by atoms with E-state index in [-0.39, 0.29) is 11.5 Å². The second kappa shape index (κ2) is 8.47. The van der Waals surface area contributed by atoms with E-state index in [1.54, 1.807) is 0 Å². The molecule has 2 nitrogen and oxygen atoms in total. The average Bonchev–Trinajstić information content (AvgIpc) is 3.15. The fraction of sp³-hybridized carbons (Fsp3) is 0.360. The summed E-state index contributed by atoms with van der Waals surface area (Å²) in [5, 5.41) is 2.31. The zero-order valence-corrected chi connectivity index (χ0v) is 17.1. The maximum absolute atomic E-state index is 3.46. The van der Waals surface area contributed by atoms with Gasteiger partial charge in [0.1, 0.15) is 0 Å². The second-order valence-corrected chi connectivity index (χ2v) is 8.32. The number of nitrogens with zero attached hydrogens (tertiary/aromatic N) is 1. The summed E-state index contributed by atoms with van der Waals surface area (Å²) in [6.45, 7) is 9.03. The highest BCUT2D eigenvalue weighted by atomic mass is 15.5. The van der Waals surface area contributed by atoms with Gasteiger partial charge in [0, 0.05) is 11.9 Å². The van der Waals surface area contributed by atoms with Crippen molar-refractivity contribution in [2.75, 3.05) is 0 Å². The number of hydrazine groups is 1. The molecule has 0 aromatic heterocycles. The van der Waals surface area contributed by atoms with Crippen molar-refractivity contribution in [3.05, 3.63) is 89.3 Å². The fourth-order valence-corrected chi connectivity index (χ4v) is 3.44. The van der Waals surface area contributed by atoms with Gasteiger partial charge in [-0.15, -0.1) is 0 Å². The predicted molar refractivity (Wildman–Crippen MR) is 116 cm³/mol. The van der Waals surface area contributed by atoms with E-state index in [0.29, 0.717) is 0 Å². The van der Waals surface area contributed by atoms with Gasteiger partial charge < -0.3 is 5.43 Å². The average molecular weight is 361 g/mol. The largest absolute Gasteiger partial charge is 0.305 e. The van der Waals surface area contributed by atoms with Crippen LogP contribution in [0.1, 0.15) is 69.7 Å². The molecule has 0 fully saturated rings. The molecule has 2 aromatic carbocycles. The Kier molecular flexibility index (Phi) is 6.05. The van der Waals surface area contributed by atoms with Gasteiger partial charge in [-0.1, -0.05) is 88.7 Å². The van der Waals surface area contributed by atoms with Crippen molar-refractivity contribution >= 4 is 6.08 Å². The number of unbranched alkanes of at least 4 members (excludes halogenated alkanes) is 1. The van der Waals surface area contributed by atoms with Crippen molar-refractivity contribution in [2.45, 2.75) is 58.4 Å². The standard InChI is InChI=1S/C25H32N2/c1-5-6-12-23(19-20-10-8-7-9-11-20)27-24(17-18-26-27)21-13-15-22(16-14-21)25(2,3)4/h7-11,13-19,24,26H,5-6,12H2,1-4H3. The van der Waals surface area contributed by atoms with Gasteiger partial charge in [0.2, 0.25) is 0 Å². The summed E-state index contributed by atoms with van der Waals surface area (Å²) >= 11 is 0. The smallest absolute Gasteiger partial charge is 0.0948 e. The Bertz CT molecular complexity index is 779. The van der Waals surface area contributed by atoms with E-state index >= 15 is 0 Å². The maximum Gasteiger partial charge on any atom is 0.0948 e. The van der Waals surface area contributed by atoms with Gasteiger partial charge in [0.25, 0.3) is 0 Å². The summed E-state index contributed by atoms with van der Waals surface area (Å²) in [5.74, 6) is 0. The number of hydrogen-bond acceptors (Lipinski definition) is 2. The lowest BCUT2D eigenvalue weighted by atomic mass is 9.86. The molecule has 2 heteroatoms. The van der Waals surface area contributed by atoms with E-state index in [2.05, 4.69) is 111 Å². The van der Waals surface area contributed by atoms with Crippen LogP contribution in [0.15, 0.2) is 72.6 Å². The van der Waals surface area contributed by atoms with Crippen molar-refractivity contribution in [2.24, 2.45) is 0 Å². The van der Waals surface area contributed by atoms with E-state index < -0.39 is 0 Å². The molecule has 0 aliphatic carbocycles. The second-order valence-electron chi connectivity index (χ2n) is 8.32. The Morgan fingerprint density at radius 2 is 1.74 bits per heavy atom. The first-order valence-corrected chi connectivity index (χ1v) is 10.1. The van der Waals surface area contributed by atoms with Crippen LogP contribution in [0.2, 0.25) is 0 Å². The molecule has 142 valence electrons. The molecule has 0 spiro atoms. The molecule has 0 saturated heterocycles. The molecule has 0 amide bonds. The lowest BCUT2D eigenvalue weighted by Gasteiger charge is -2.30. The molecular weight excluding hydrogens is 328 g/mol. The van der Waals surface area contributed by atoms with E-state index in [1.807, 2.05) is 0 Å². The van der Waals surface area contributed by atoms with Gasteiger partial charge in [-0.2, -0.15) is 0 Å². The van der Waals surface area contributed by atoms with Gasteiger partial charge in [-0.05, 0) is 47.1 Å². The summed E-state index contributed by atoms with van der Waals surface area (Å²) in [4.78, 5) is 0. The highest BCUT2D eigenvalue weighted by Gasteiger charge is 2.24. The van der Waals surface area contributed by atoms with Crippen molar-refractivity contribution in [3.8, 4) is 0 Å². The number of benzene rings is 2. The minimum atomic E-state index is 0.182. The number of allylic oxidation sites excluding steroid dienone is 1. The number of rotatable bonds is 6. The Balaban J connectivity index is 1.87. The maximum atomic E-state index is 3.46. The van der Waals surface area contributed by atoms with Crippen molar-refractivity contribution in [1.29, 1.82) is 0 Å². The molecule has 1 heterocycles. The van der Waals surface area contributed by atoms with Gasteiger partial charge in [0.15, 0.2) is 0 Å². The zero-order valence-electron chi connectivity index (χ0n) is 17.1. The molecule has 1 N–H and O–H groups in total. The van der Waals surface area contributed by atoms with Crippen molar-refractivity contribution in [1.82, 2.24) is 10.4 Å². The van der Waals surface area contributed by atoms with E-state index in [1.165, 1.54) is 35.2 Å². The Morgan fingerprint density at radius 1 is 1.04 bits per heavy atom. The summed E-state index contributed by atoms with van der Waals surface area (Å²) in [6.07, 6.45) is 10.1. The number of hydrogen-bond donors (Lipinski definition) is 1. The first-order chi connectivity index (χ1) is 13.0.